The number of carbonyl (C=O) groups is 3. The van der Waals surface area contributed by atoms with Gasteiger partial charge < -0.3 is 20.1 Å². The maximum atomic E-state index is 11.9. The monoisotopic (exact) mass is 354 g/mol. The third kappa shape index (κ3) is 9.12. The summed E-state index contributed by atoms with van der Waals surface area (Å²) < 4.78 is 5.22. The van der Waals surface area contributed by atoms with E-state index in [9.17, 15) is 14.4 Å². The molecule has 142 valence electrons. The van der Waals surface area contributed by atoms with Crippen LogP contribution in [0.25, 0.3) is 0 Å². The van der Waals surface area contributed by atoms with Crippen molar-refractivity contribution in [3.05, 3.63) is 12.2 Å². The molecule has 0 aromatic carbocycles. The van der Waals surface area contributed by atoms with E-state index in [-0.39, 0.29) is 25.0 Å². The Morgan fingerprint density at radius 2 is 2.12 bits per heavy atom. The molecule has 1 rings (SSSR count). The highest BCUT2D eigenvalue weighted by atomic mass is 16.5. The molecule has 1 fully saturated rings. The van der Waals surface area contributed by atoms with E-state index in [2.05, 4.69) is 12.2 Å². The lowest BCUT2D eigenvalue weighted by molar-refractivity contribution is -0.137. The first kappa shape index (κ1) is 21.0. The number of nitrogens with zero attached hydrogens (tertiary/aromatic N) is 1. The zero-order valence-electron chi connectivity index (χ0n) is 15.0. The maximum absolute atomic E-state index is 11.9. The Bertz CT molecular complexity index is 464. The van der Waals surface area contributed by atoms with Crippen LogP contribution in [0.15, 0.2) is 12.2 Å². The van der Waals surface area contributed by atoms with Crippen LogP contribution in [0.2, 0.25) is 0 Å². The number of nitrogens with one attached hydrogen (secondary N) is 1. The van der Waals surface area contributed by atoms with E-state index in [0.29, 0.717) is 38.8 Å². The second kappa shape index (κ2) is 12.3. The Morgan fingerprint density at radius 1 is 1.32 bits per heavy atom. The van der Waals surface area contributed by atoms with Crippen molar-refractivity contribution in [1.29, 1.82) is 0 Å². The summed E-state index contributed by atoms with van der Waals surface area (Å²) in [7, 11) is 0. The molecule has 0 aliphatic carbocycles. The predicted octanol–water partition coefficient (Wildman–Crippen LogP) is 2.70. The summed E-state index contributed by atoms with van der Waals surface area (Å²) in [6, 6.07) is -0.0856. The third-order valence-electron chi connectivity index (χ3n) is 4.14. The Kier molecular flexibility index (Phi) is 10.4. The topological polar surface area (TPSA) is 95.9 Å². The number of amides is 2. The molecule has 0 radical (unpaired) electrons. The van der Waals surface area contributed by atoms with Crippen LogP contribution in [0.4, 0.5) is 4.79 Å². The second-order valence-electron chi connectivity index (χ2n) is 6.23. The van der Waals surface area contributed by atoms with E-state index in [1.165, 1.54) is 0 Å². The van der Waals surface area contributed by atoms with Crippen molar-refractivity contribution < 1.29 is 24.2 Å². The number of allylic oxidation sites excluding steroid dienone is 1. The number of alkyl carbamates (subject to hydrolysis) is 1. The van der Waals surface area contributed by atoms with E-state index in [4.69, 9.17) is 9.84 Å². The van der Waals surface area contributed by atoms with Gasteiger partial charge in [0, 0.05) is 25.9 Å². The van der Waals surface area contributed by atoms with Crippen LogP contribution in [0.5, 0.6) is 0 Å². The highest BCUT2D eigenvalue weighted by Gasteiger charge is 2.30. The first-order valence-corrected chi connectivity index (χ1v) is 9.11. The molecule has 1 atom stereocenters. The summed E-state index contributed by atoms with van der Waals surface area (Å²) in [5.74, 6) is -0.736. The van der Waals surface area contributed by atoms with E-state index in [0.717, 1.165) is 19.3 Å². The molecule has 0 aromatic rings. The summed E-state index contributed by atoms with van der Waals surface area (Å²) in [6.07, 6.45) is 9.02. The summed E-state index contributed by atoms with van der Waals surface area (Å²) >= 11 is 0. The highest BCUT2D eigenvalue weighted by Crippen LogP contribution is 2.19. The Morgan fingerprint density at radius 3 is 2.84 bits per heavy atom. The average Bonchev–Trinajstić information content (AvgIpc) is 2.93. The number of hydrogen-bond donors (Lipinski definition) is 2. The summed E-state index contributed by atoms with van der Waals surface area (Å²) in [6.45, 7) is 3.39. The van der Waals surface area contributed by atoms with Crippen molar-refractivity contribution in [3.8, 4) is 0 Å². The van der Waals surface area contributed by atoms with Crippen molar-refractivity contribution in [2.24, 2.45) is 0 Å². The van der Waals surface area contributed by atoms with Gasteiger partial charge in [-0.2, -0.15) is 0 Å². The van der Waals surface area contributed by atoms with Gasteiger partial charge in [-0.25, -0.2) is 4.79 Å². The second-order valence-corrected chi connectivity index (χ2v) is 6.23. The van der Waals surface area contributed by atoms with Gasteiger partial charge in [-0.15, -0.1) is 0 Å². The molecule has 0 aromatic heterocycles. The number of hydrogen-bond acceptors (Lipinski definition) is 4. The van der Waals surface area contributed by atoms with Gasteiger partial charge in [0.25, 0.3) is 0 Å². The van der Waals surface area contributed by atoms with E-state index in [1.807, 2.05) is 12.2 Å². The normalized spacial score (nSPS) is 17.2. The molecule has 7 heteroatoms. The standard InChI is InChI=1S/C18H30N2O5/c1-2-3-7-12-19-18(24)25-14-15-10-11-16(21)20(15)13-8-5-4-6-9-17(22)23/h5,8,15H,2-4,6-7,9-14H2,1H3,(H,19,24)(H,22,23). The van der Waals surface area contributed by atoms with Gasteiger partial charge in [-0.3, -0.25) is 9.59 Å². The molecule has 1 saturated heterocycles. The Hall–Kier alpha value is -2.05. The average molecular weight is 354 g/mol. The fraction of sp³-hybridized carbons (Fsp3) is 0.722. The van der Waals surface area contributed by atoms with Crippen molar-refractivity contribution in [1.82, 2.24) is 10.2 Å². The smallest absolute Gasteiger partial charge is 0.407 e. The number of carboxylic acid groups (broad SMARTS) is 1. The molecule has 1 aliphatic rings. The lowest BCUT2D eigenvalue weighted by Gasteiger charge is -2.23. The van der Waals surface area contributed by atoms with Crippen LogP contribution in [-0.2, 0) is 14.3 Å². The fourth-order valence-corrected chi connectivity index (χ4v) is 2.68. The van der Waals surface area contributed by atoms with Crippen molar-refractivity contribution >= 4 is 18.0 Å². The Balaban J connectivity index is 2.26. The van der Waals surface area contributed by atoms with E-state index < -0.39 is 12.1 Å². The molecular formula is C18H30N2O5. The van der Waals surface area contributed by atoms with Gasteiger partial charge in [0.15, 0.2) is 0 Å². The van der Waals surface area contributed by atoms with Crippen LogP contribution >= 0.6 is 0 Å². The first-order chi connectivity index (χ1) is 12.0. The van der Waals surface area contributed by atoms with Crippen molar-refractivity contribution in [2.75, 3.05) is 19.7 Å². The molecular weight excluding hydrogens is 324 g/mol. The van der Waals surface area contributed by atoms with E-state index >= 15 is 0 Å². The molecule has 1 aliphatic heterocycles. The summed E-state index contributed by atoms with van der Waals surface area (Å²) in [5.41, 5.74) is 0. The molecule has 25 heavy (non-hydrogen) atoms. The van der Waals surface area contributed by atoms with Gasteiger partial charge in [-0.1, -0.05) is 31.9 Å². The summed E-state index contributed by atoms with van der Waals surface area (Å²) in [4.78, 5) is 35.7. The minimum absolute atomic E-state index is 0.0622. The number of carboxylic acids is 1. The molecule has 0 bridgehead atoms. The molecule has 1 heterocycles. The molecule has 2 N–H and O–H groups in total. The quantitative estimate of drug-likeness (QED) is 0.415. The fourth-order valence-electron chi connectivity index (χ4n) is 2.68. The number of carbonyl (C=O) groups excluding carboxylic acids is 2. The minimum atomic E-state index is -0.798. The SMILES string of the molecule is CCCCCNC(=O)OCC1CCC(=O)N1CC=CCCCC(=O)O. The highest BCUT2D eigenvalue weighted by molar-refractivity contribution is 5.79. The zero-order chi connectivity index (χ0) is 18.5. The van der Waals surface area contributed by atoms with Crippen LogP contribution in [0, 0.1) is 0 Å². The van der Waals surface area contributed by atoms with Crippen molar-refractivity contribution in [3.63, 3.8) is 0 Å². The molecule has 1 unspecified atom stereocenters. The number of rotatable bonds is 12. The van der Waals surface area contributed by atoms with Crippen LogP contribution in [0.3, 0.4) is 0 Å². The summed E-state index contributed by atoms with van der Waals surface area (Å²) in [5, 5.41) is 11.3. The largest absolute Gasteiger partial charge is 0.481 e. The number of aliphatic carboxylic acids is 1. The molecule has 2 amide bonds. The van der Waals surface area contributed by atoms with Gasteiger partial charge in [-0.05, 0) is 25.7 Å². The Labute approximate surface area is 149 Å². The van der Waals surface area contributed by atoms with Gasteiger partial charge in [0.1, 0.15) is 6.61 Å². The third-order valence-corrected chi connectivity index (χ3v) is 4.14. The minimum Gasteiger partial charge on any atom is -0.481 e. The number of ether oxygens (including phenoxy) is 1. The molecule has 7 nitrogen and oxygen atoms in total. The zero-order valence-corrected chi connectivity index (χ0v) is 15.0. The number of unbranched alkanes of at least 4 members (excludes halogenated alkanes) is 3. The van der Waals surface area contributed by atoms with Gasteiger partial charge in [0.05, 0.1) is 6.04 Å². The number of likely N-dealkylation sites (tertiary alicyclic amines) is 1. The van der Waals surface area contributed by atoms with Crippen LogP contribution < -0.4 is 5.32 Å². The lowest BCUT2D eigenvalue weighted by atomic mass is 10.2. The molecule has 0 spiro atoms. The maximum Gasteiger partial charge on any atom is 0.407 e. The van der Waals surface area contributed by atoms with Crippen molar-refractivity contribution in [2.45, 2.75) is 64.3 Å². The lowest BCUT2D eigenvalue weighted by Crippen LogP contribution is -2.38. The van der Waals surface area contributed by atoms with E-state index in [1.54, 1.807) is 4.90 Å². The molecule has 0 saturated carbocycles. The van der Waals surface area contributed by atoms with Crippen LogP contribution in [-0.4, -0.2) is 53.7 Å². The first-order valence-electron chi connectivity index (χ1n) is 9.11. The van der Waals surface area contributed by atoms with Gasteiger partial charge >= 0.3 is 12.1 Å². The predicted molar refractivity (Wildman–Crippen MR) is 94.2 cm³/mol. The van der Waals surface area contributed by atoms with Crippen LogP contribution in [0.1, 0.15) is 58.3 Å². The van der Waals surface area contributed by atoms with Gasteiger partial charge in [0.2, 0.25) is 5.91 Å².